The van der Waals surface area contributed by atoms with Crippen LogP contribution in [0.1, 0.15) is 37.4 Å². The van der Waals surface area contributed by atoms with Crippen molar-refractivity contribution in [3.8, 4) is 0 Å². The lowest BCUT2D eigenvalue weighted by Gasteiger charge is -2.09. The molecule has 2 aromatic rings. The minimum atomic E-state index is 0.193. The first-order valence-corrected chi connectivity index (χ1v) is 6.93. The molecular weight excluding hydrogens is 246 g/mol. The average molecular weight is 265 g/mol. The Labute approximate surface area is 111 Å². The van der Waals surface area contributed by atoms with E-state index in [0.29, 0.717) is 5.92 Å². The van der Waals surface area contributed by atoms with Gasteiger partial charge in [0.15, 0.2) is 0 Å². The predicted molar refractivity (Wildman–Crippen MR) is 73.7 cm³/mol. The van der Waals surface area contributed by atoms with Gasteiger partial charge in [-0.1, -0.05) is 25.2 Å². The minimum absolute atomic E-state index is 0.193. The van der Waals surface area contributed by atoms with E-state index < -0.39 is 0 Å². The Bertz CT molecular complexity index is 502. The summed E-state index contributed by atoms with van der Waals surface area (Å²) >= 11 is 1.63. The molecule has 0 aliphatic heterocycles. The molecule has 1 N–H and O–H groups in total. The van der Waals surface area contributed by atoms with Crippen molar-refractivity contribution in [3.63, 3.8) is 0 Å². The second-order valence-corrected chi connectivity index (χ2v) is 5.97. The highest BCUT2D eigenvalue weighted by Crippen LogP contribution is 2.23. The van der Waals surface area contributed by atoms with Gasteiger partial charge in [0, 0.05) is 25.2 Å². The van der Waals surface area contributed by atoms with Crippen LogP contribution in [0.5, 0.6) is 0 Å². The number of nitrogens with one attached hydrogen (secondary N) is 1. The van der Waals surface area contributed by atoms with Crippen molar-refractivity contribution in [2.75, 3.05) is 5.32 Å². The van der Waals surface area contributed by atoms with Gasteiger partial charge in [0.1, 0.15) is 5.01 Å². The summed E-state index contributed by atoms with van der Waals surface area (Å²) in [5.41, 5.74) is 1.15. The largest absolute Gasteiger partial charge is 0.353 e. The smallest absolute Gasteiger partial charge is 0.206 e. The maximum atomic E-state index is 4.19. The molecule has 0 saturated heterocycles. The van der Waals surface area contributed by atoms with Crippen molar-refractivity contribution in [2.45, 2.75) is 33.2 Å². The van der Waals surface area contributed by atoms with E-state index in [1.807, 2.05) is 19.4 Å². The number of anilines is 1. The molecule has 0 saturated carbocycles. The van der Waals surface area contributed by atoms with Crippen molar-refractivity contribution >= 4 is 16.5 Å². The van der Waals surface area contributed by atoms with Gasteiger partial charge in [0.2, 0.25) is 5.13 Å². The van der Waals surface area contributed by atoms with Gasteiger partial charge < -0.3 is 5.32 Å². The average Bonchev–Trinajstić information content (AvgIpc) is 2.87. The summed E-state index contributed by atoms with van der Waals surface area (Å²) in [5, 5.41) is 17.9. The van der Waals surface area contributed by atoms with Gasteiger partial charge in [-0.15, -0.1) is 10.2 Å². The number of aromatic nitrogens is 4. The Morgan fingerprint density at radius 3 is 2.72 bits per heavy atom. The summed E-state index contributed by atoms with van der Waals surface area (Å²) in [7, 11) is 1.92. The van der Waals surface area contributed by atoms with E-state index in [0.717, 1.165) is 22.1 Å². The van der Waals surface area contributed by atoms with Gasteiger partial charge in [0.25, 0.3) is 0 Å². The zero-order valence-electron chi connectivity index (χ0n) is 11.2. The van der Waals surface area contributed by atoms with Crippen molar-refractivity contribution < 1.29 is 0 Å². The lowest BCUT2D eigenvalue weighted by Crippen LogP contribution is -2.05. The lowest BCUT2D eigenvalue weighted by molar-refractivity contribution is 0.640. The molecule has 0 aliphatic rings. The van der Waals surface area contributed by atoms with Crippen LogP contribution in [0.3, 0.4) is 0 Å². The molecule has 2 aromatic heterocycles. The van der Waals surface area contributed by atoms with Gasteiger partial charge >= 0.3 is 0 Å². The highest BCUT2D eigenvalue weighted by atomic mass is 32.1. The molecule has 18 heavy (non-hydrogen) atoms. The molecule has 0 aliphatic carbocycles. The zero-order chi connectivity index (χ0) is 13.1. The normalized spacial score (nSPS) is 12.9. The van der Waals surface area contributed by atoms with Crippen LogP contribution in [-0.2, 0) is 13.5 Å². The van der Waals surface area contributed by atoms with E-state index in [9.17, 15) is 0 Å². The second-order valence-electron chi connectivity index (χ2n) is 4.91. The molecule has 2 heterocycles. The molecule has 0 bridgehead atoms. The molecule has 1 unspecified atom stereocenters. The molecule has 0 aromatic carbocycles. The highest BCUT2D eigenvalue weighted by Gasteiger charge is 2.11. The van der Waals surface area contributed by atoms with Gasteiger partial charge in [0.05, 0.1) is 12.2 Å². The van der Waals surface area contributed by atoms with E-state index in [-0.39, 0.29) is 6.04 Å². The minimum Gasteiger partial charge on any atom is -0.353 e. The standard InChI is InChI=1S/C12H19N5S/c1-8(2)5-11-15-16-12(18-11)14-9(3)10-6-13-17(4)7-10/h6-9H,5H2,1-4H3,(H,14,16). The summed E-state index contributed by atoms with van der Waals surface area (Å²) in [4.78, 5) is 0. The molecule has 0 amide bonds. The molecule has 0 spiro atoms. The monoisotopic (exact) mass is 265 g/mol. The van der Waals surface area contributed by atoms with E-state index in [2.05, 4.69) is 41.4 Å². The Morgan fingerprint density at radius 2 is 2.11 bits per heavy atom. The number of nitrogens with zero attached hydrogens (tertiary/aromatic N) is 4. The van der Waals surface area contributed by atoms with Crippen LogP contribution in [0.25, 0.3) is 0 Å². The van der Waals surface area contributed by atoms with Crippen molar-refractivity contribution in [1.29, 1.82) is 0 Å². The second kappa shape index (κ2) is 5.48. The summed E-state index contributed by atoms with van der Waals surface area (Å²) in [6, 6.07) is 0.193. The van der Waals surface area contributed by atoms with Gasteiger partial charge in [-0.05, 0) is 12.8 Å². The predicted octanol–water partition coefficient (Wildman–Crippen LogP) is 2.64. The Morgan fingerprint density at radius 1 is 1.33 bits per heavy atom. The summed E-state index contributed by atoms with van der Waals surface area (Å²) in [6.07, 6.45) is 4.86. The molecule has 6 heteroatoms. The number of rotatable bonds is 5. The van der Waals surface area contributed by atoms with Crippen LogP contribution in [0.4, 0.5) is 5.13 Å². The highest BCUT2D eigenvalue weighted by molar-refractivity contribution is 7.15. The summed E-state index contributed by atoms with van der Waals surface area (Å²) in [6.45, 7) is 6.47. The van der Waals surface area contributed by atoms with Crippen LogP contribution < -0.4 is 5.32 Å². The molecule has 0 fully saturated rings. The van der Waals surface area contributed by atoms with Crippen LogP contribution in [0, 0.1) is 5.92 Å². The third-order valence-corrected chi connectivity index (χ3v) is 3.49. The third kappa shape index (κ3) is 3.29. The van der Waals surface area contributed by atoms with E-state index in [4.69, 9.17) is 0 Å². The summed E-state index contributed by atoms with van der Waals surface area (Å²) < 4.78 is 1.80. The van der Waals surface area contributed by atoms with Gasteiger partial charge in [-0.25, -0.2) is 0 Å². The van der Waals surface area contributed by atoms with E-state index in [1.54, 1.807) is 16.0 Å². The fourth-order valence-electron chi connectivity index (χ4n) is 1.68. The molecule has 1 atom stereocenters. The van der Waals surface area contributed by atoms with Crippen LogP contribution in [0.15, 0.2) is 12.4 Å². The number of hydrogen-bond acceptors (Lipinski definition) is 5. The molecular formula is C12H19N5S. The fraction of sp³-hybridized carbons (Fsp3) is 0.583. The molecule has 98 valence electrons. The Hall–Kier alpha value is -1.43. The van der Waals surface area contributed by atoms with Gasteiger partial charge in [-0.2, -0.15) is 5.10 Å². The summed E-state index contributed by atoms with van der Waals surface area (Å²) in [5.74, 6) is 0.613. The lowest BCUT2D eigenvalue weighted by atomic mass is 10.1. The first kappa shape index (κ1) is 13.0. The quantitative estimate of drug-likeness (QED) is 0.903. The Kier molecular flexibility index (Phi) is 3.96. The Balaban J connectivity index is 1.98. The SMILES string of the molecule is CC(C)Cc1nnc(NC(C)c2cnn(C)c2)s1. The van der Waals surface area contributed by atoms with Crippen LogP contribution >= 0.6 is 11.3 Å². The molecule has 2 rings (SSSR count). The maximum absolute atomic E-state index is 4.19. The van der Waals surface area contributed by atoms with Crippen LogP contribution in [-0.4, -0.2) is 20.0 Å². The number of aryl methyl sites for hydroxylation is 1. The number of hydrogen-bond donors (Lipinski definition) is 1. The van der Waals surface area contributed by atoms with Crippen molar-refractivity contribution in [3.05, 3.63) is 23.0 Å². The molecule has 5 nitrogen and oxygen atoms in total. The topological polar surface area (TPSA) is 55.6 Å². The van der Waals surface area contributed by atoms with Crippen molar-refractivity contribution in [1.82, 2.24) is 20.0 Å². The molecule has 0 radical (unpaired) electrons. The fourth-order valence-corrected chi connectivity index (χ4v) is 2.71. The first-order valence-electron chi connectivity index (χ1n) is 6.12. The maximum Gasteiger partial charge on any atom is 0.206 e. The zero-order valence-corrected chi connectivity index (χ0v) is 12.0. The van der Waals surface area contributed by atoms with Gasteiger partial charge in [-0.3, -0.25) is 4.68 Å². The first-order chi connectivity index (χ1) is 8.54. The van der Waals surface area contributed by atoms with E-state index >= 15 is 0 Å². The third-order valence-electron chi connectivity index (χ3n) is 2.61. The van der Waals surface area contributed by atoms with Crippen LogP contribution in [0.2, 0.25) is 0 Å². The van der Waals surface area contributed by atoms with E-state index in [1.165, 1.54) is 0 Å². The van der Waals surface area contributed by atoms with Crippen molar-refractivity contribution in [2.24, 2.45) is 13.0 Å².